The van der Waals surface area contributed by atoms with Crippen LogP contribution in [0.1, 0.15) is 18.1 Å². The number of hydrogen-bond acceptors (Lipinski definition) is 6. The van der Waals surface area contributed by atoms with Crippen molar-refractivity contribution < 1.29 is 0 Å². The van der Waals surface area contributed by atoms with Crippen molar-refractivity contribution in [2.45, 2.75) is 25.5 Å². The molecule has 0 aliphatic rings. The number of thioether (sulfide) groups is 1. The number of nitrogens with one attached hydrogen (secondary N) is 1. The van der Waals surface area contributed by atoms with Gasteiger partial charge >= 0.3 is 0 Å². The van der Waals surface area contributed by atoms with Gasteiger partial charge in [0.15, 0.2) is 10.8 Å². The van der Waals surface area contributed by atoms with Gasteiger partial charge in [-0.2, -0.15) is 5.21 Å². The van der Waals surface area contributed by atoms with E-state index in [0.717, 1.165) is 48.9 Å². The van der Waals surface area contributed by atoms with Crippen molar-refractivity contribution in [2.75, 3.05) is 5.75 Å². The minimum absolute atomic E-state index is 0.568. The normalized spacial score (nSPS) is 11.5. The van der Waals surface area contributed by atoms with E-state index in [1.807, 2.05) is 30.1 Å². The van der Waals surface area contributed by atoms with E-state index in [1.165, 1.54) is 5.56 Å². The van der Waals surface area contributed by atoms with Crippen molar-refractivity contribution in [3.8, 4) is 22.5 Å². The van der Waals surface area contributed by atoms with Crippen LogP contribution >= 0.6 is 27.7 Å². The van der Waals surface area contributed by atoms with E-state index in [1.54, 1.807) is 11.8 Å². The Morgan fingerprint density at radius 3 is 2.69 bits per heavy atom. The average Bonchev–Trinajstić information content (AvgIpc) is 3.50. The fourth-order valence-corrected chi connectivity index (χ4v) is 5.05. The first-order valence-electron chi connectivity index (χ1n) is 10.2. The highest BCUT2D eigenvalue weighted by molar-refractivity contribution is 9.10. The van der Waals surface area contributed by atoms with Crippen LogP contribution < -0.4 is 0 Å². The molecule has 0 radical (unpaired) electrons. The first-order chi connectivity index (χ1) is 15.6. The second-order valence-electron chi connectivity index (χ2n) is 7.47. The van der Waals surface area contributed by atoms with Crippen molar-refractivity contribution >= 4 is 38.9 Å². The zero-order chi connectivity index (χ0) is 22.2. The summed E-state index contributed by atoms with van der Waals surface area (Å²) in [6.45, 7) is 4.93. The molecule has 5 aromatic rings. The van der Waals surface area contributed by atoms with E-state index in [2.05, 4.69) is 84.2 Å². The molecule has 5 rings (SSSR count). The number of H-pyrrole nitrogens is 1. The second kappa shape index (κ2) is 8.51. The number of nitrogens with zero attached hydrogens (tertiary/aromatic N) is 7. The summed E-state index contributed by atoms with van der Waals surface area (Å²) < 4.78 is 5.18. The molecule has 0 aliphatic carbocycles. The lowest BCUT2D eigenvalue weighted by atomic mass is 10.0. The fourth-order valence-electron chi connectivity index (χ4n) is 3.78. The second-order valence-corrected chi connectivity index (χ2v) is 9.45. The van der Waals surface area contributed by atoms with Gasteiger partial charge in [-0.25, -0.2) is 9.97 Å². The lowest BCUT2D eigenvalue weighted by molar-refractivity contribution is 0.724. The maximum absolute atomic E-state index is 4.85. The van der Waals surface area contributed by atoms with Crippen molar-refractivity contribution in [3.05, 3.63) is 58.5 Å². The van der Waals surface area contributed by atoms with Gasteiger partial charge in [0, 0.05) is 30.6 Å². The minimum atomic E-state index is 0.568. The molecule has 0 aliphatic heterocycles. The zero-order valence-electron chi connectivity index (χ0n) is 17.9. The number of aromatic nitrogens is 8. The number of aryl methyl sites for hydroxylation is 2. The molecule has 0 saturated carbocycles. The van der Waals surface area contributed by atoms with E-state index in [9.17, 15) is 0 Å². The van der Waals surface area contributed by atoms with E-state index >= 15 is 0 Å². The number of hydrogen-bond donors (Lipinski definition) is 1. The Balaban J connectivity index is 1.52. The third-order valence-corrected chi connectivity index (χ3v) is 7.17. The van der Waals surface area contributed by atoms with Crippen LogP contribution in [-0.2, 0) is 13.6 Å². The van der Waals surface area contributed by atoms with Gasteiger partial charge in [-0.05, 0) is 56.6 Å². The number of rotatable bonds is 6. The zero-order valence-corrected chi connectivity index (χ0v) is 20.3. The third-order valence-electron chi connectivity index (χ3n) is 5.35. The molecule has 1 aromatic carbocycles. The molecule has 0 spiro atoms. The molecule has 0 bridgehead atoms. The van der Waals surface area contributed by atoms with E-state index in [-0.39, 0.29) is 0 Å². The van der Waals surface area contributed by atoms with Gasteiger partial charge in [-0.15, -0.1) is 10.2 Å². The summed E-state index contributed by atoms with van der Waals surface area (Å²) in [5, 5.41) is 15.5. The Morgan fingerprint density at radius 2 is 1.97 bits per heavy atom. The molecule has 0 amide bonds. The molecule has 8 nitrogen and oxygen atoms in total. The molecule has 0 unspecified atom stereocenters. The third kappa shape index (κ3) is 3.63. The lowest BCUT2D eigenvalue weighted by Crippen LogP contribution is -2.02. The van der Waals surface area contributed by atoms with Gasteiger partial charge in [0.25, 0.3) is 0 Å². The molecule has 32 heavy (non-hydrogen) atoms. The Bertz CT molecular complexity index is 1390. The monoisotopic (exact) mass is 508 g/mol. The molecular weight excluding hydrogens is 488 g/mol. The van der Waals surface area contributed by atoms with Crippen LogP contribution in [0.25, 0.3) is 33.7 Å². The summed E-state index contributed by atoms with van der Waals surface area (Å²) in [6, 6.07) is 10.6. The minimum Gasteiger partial charge on any atom is -0.344 e. The molecule has 1 N–H and O–H groups in total. The molecular formula is C22H21BrN8S. The highest BCUT2D eigenvalue weighted by Crippen LogP contribution is 2.38. The first kappa shape index (κ1) is 20.9. The summed E-state index contributed by atoms with van der Waals surface area (Å²) in [4.78, 5) is 9.47. The largest absolute Gasteiger partial charge is 0.344 e. The molecule has 162 valence electrons. The van der Waals surface area contributed by atoms with E-state index in [4.69, 9.17) is 4.98 Å². The lowest BCUT2D eigenvalue weighted by Gasteiger charge is -2.10. The van der Waals surface area contributed by atoms with Crippen LogP contribution in [0.3, 0.4) is 0 Å². The van der Waals surface area contributed by atoms with E-state index in [0.29, 0.717) is 12.4 Å². The topological polar surface area (TPSA) is 90.1 Å². The number of fused-ring (bicyclic) bond motifs is 1. The molecule has 4 heterocycles. The summed E-state index contributed by atoms with van der Waals surface area (Å²) in [5.74, 6) is 1.53. The highest BCUT2D eigenvalue weighted by Gasteiger charge is 2.19. The number of tetrazole rings is 1. The standard InChI is InChI=1S/C22H21BrN8S/c1-4-32-22-25-18-13(2)9-10-24-21(18)31(22)11-14-5-7-15(8-6-14)17-16(12-30(3)19(17)23)20-26-28-29-27-20/h5-10,12H,4,11H2,1-3H3,(H,26,27,28,29). The van der Waals surface area contributed by atoms with Crippen LogP contribution in [0.2, 0.25) is 0 Å². The Morgan fingerprint density at radius 1 is 1.16 bits per heavy atom. The number of pyridine rings is 1. The number of halogens is 1. The maximum atomic E-state index is 4.85. The summed E-state index contributed by atoms with van der Waals surface area (Å²) >= 11 is 5.45. The van der Waals surface area contributed by atoms with Gasteiger partial charge in [0.05, 0.1) is 11.1 Å². The van der Waals surface area contributed by atoms with Crippen LogP contribution in [0, 0.1) is 6.92 Å². The predicted octanol–water partition coefficient (Wildman–Crippen LogP) is 4.85. The average molecular weight is 509 g/mol. The van der Waals surface area contributed by atoms with Gasteiger partial charge in [-0.1, -0.05) is 43.0 Å². The van der Waals surface area contributed by atoms with Crippen LogP contribution in [0.15, 0.2) is 52.5 Å². The van der Waals surface area contributed by atoms with Gasteiger partial charge in [-0.3, -0.25) is 4.57 Å². The molecule has 10 heteroatoms. The summed E-state index contributed by atoms with van der Waals surface area (Å²) in [5.41, 5.74) is 7.25. The first-order valence-corrected chi connectivity index (χ1v) is 12.0. The van der Waals surface area contributed by atoms with Crippen LogP contribution in [0.4, 0.5) is 0 Å². The van der Waals surface area contributed by atoms with Gasteiger partial charge < -0.3 is 4.57 Å². The van der Waals surface area contributed by atoms with Crippen molar-refractivity contribution in [1.29, 1.82) is 0 Å². The molecule has 0 atom stereocenters. The Hall–Kier alpha value is -2.98. The predicted molar refractivity (Wildman–Crippen MR) is 129 cm³/mol. The highest BCUT2D eigenvalue weighted by atomic mass is 79.9. The summed E-state index contributed by atoms with van der Waals surface area (Å²) in [7, 11) is 1.98. The molecule has 0 fully saturated rings. The van der Waals surface area contributed by atoms with Crippen molar-refractivity contribution in [2.24, 2.45) is 7.05 Å². The fraction of sp³-hybridized carbons (Fsp3) is 0.227. The quantitative estimate of drug-likeness (QED) is 0.329. The Kier molecular flexibility index (Phi) is 5.56. The smallest absolute Gasteiger partial charge is 0.206 e. The number of benzene rings is 1. The number of aromatic amines is 1. The molecule has 0 saturated heterocycles. The maximum Gasteiger partial charge on any atom is 0.206 e. The van der Waals surface area contributed by atoms with Crippen LogP contribution in [-0.4, -0.2) is 45.5 Å². The van der Waals surface area contributed by atoms with Gasteiger partial charge in [0.2, 0.25) is 5.82 Å². The number of imidazole rings is 1. The van der Waals surface area contributed by atoms with Crippen molar-refractivity contribution in [3.63, 3.8) is 0 Å². The summed E-state index contributed by atoms with van der Waals surface area (Å²) in [6.07, 6.45) is 3.85. The molecule has 4 aromatic heterocycles. The van der Waals surface area contributed by atoms with E-state index < -0.39 is 0 Å². The Labute approximate surface area is 197 Å². The van der Waals surface area contributed by atoms with Crippen molar-refractivity contribution in [1.82, 2.24) is 39.7 Å². The van der Waals surface area contributed by atoms with Gasteiger partial charge in [0.1, 0.15) is 5.52 Å². The SMILES string of the molecule is CCSc1nc2c(C)ccnc2n1Cc1ccc(-c2c(-c3nn[nH]n3)cn(C)c2Br)cc1. The van der Waals surface area contributed by atoms with Crippen LogP contribution in [0.5, 0.6) is 0 Å².